The molecule has 0 aliphatic carbocycles. The molecule has 2 aromatic rings. The van der Waals surface area contributed by atoms with Crippen LogP contribution >= 0.6 is 11.6 Å². The minimum absolute atomic E-state index is 0.423. The van der Waals surface area contributed by atoms with Crippen molar-refractivity contribution in [1.29, 1.82) is 5.26 Å². The molecule has 0 spiro atoms. The molecule has 0 saturated heterocycles. The molecule has 17 heavy (non-hydrogen) atoms. The minimum atomic E-state index is 0.423. The third kappa shape index (κ3) is 2.45. The van der Waals surface area contributed by atoms with Crippen molar-refractivity contribution < 1.29 is 0 Å². The minimum Gasteiger partial charge on any atom is -0.347 e. The number of halogens is 1. The molecular formula is C14H14ClN2. The van der Waals surface area contributed by atoms with Crippen LogP contribution in [0.15, 0.2) is 24.4 Å². The predicted molar refractivity (Wildman–Crippen MR) is 70.9 cm³/mol. The zero-order valence-electron chi connectivity index (χ0n) is 10.00. The van der Waals surface area contributed by atoms with Gasteiger partial charge in [-0.3, -0.25) is 0 Å². The molecule has 0 bridgehead atoms. The molecule has 0 aliphatic rings. The van der Waals surface area contributed by atoms with Gasteiger partial charge >= 0.3 is 0 Å². The summed E-state index contributed by atoms with van der Waals surface area (Å²) < 4.78 is 2.17. The fourth-order valence-corrected chi connectivity index (χ4v) is 2.21. The van der Waals surface area contributed by atoms with Crippen molar-refractivity contribution in [3.05, 3.63) is 40.9 Å². The number of fused-ring (bicyclic) bond motifs is 1. The lowest BCUT2D eigenvalue weighted by Gasteiger charge is -2.07. The molecule has 0 saturated carbocycles. The SMILES string of the molecule is C[C](C)Cn1cc(CC#N)c2cc(Cl)ccc21. The Labute approximate surface area is 106 Å². The standard InChI is InChI=1S/C14H14ClN2/c1-10(2)8-17-9-11(5-6-16)13-7-12(15)3-4-14(13)17/h3-4,7,9H,5,8H2,1-2H3. The second kappa shape index (κ2) is 4.81. The normalized spacial score (nSPS) is 11.0. The third-order valence-corrected chi connectivity index (χ3v) is 2.92. The smallest absolute Gasteiger partial charge is 0.0670 e. The summed E-state index contributed by atoms with van der Waals surface area (Å²) >= 11 is 6.01. The largest absolute Gasteiger partial charge is 0.347 e. The number of aromatic nitrogens is 1. The van der Waals surface area contributed by atoms with Gasteiger partial charge in [0.1, 0.15) is 0 Å². The van der Waals surface area contributed by atoms with Crippen molar-refractivity contribution in [2.75, 3.05) is 0 Å². The van der Waals surface area contributed by atoms with Crippen LogP contribution in [0, 0.1) is 17.2 Å². The molecule has 1 aromatic heterocycles. The first kappa shape index (κ1) is 12.0. The summed E-state index contributed by atoms with van der Waals surface area (Å²) in [6.45, 7) is 5.08. The lowest BCUT2D eigenvalue weighted by Crippen LogP contribution is -2.00. The molecule has 1 radical (unpaired) electrons. The summed E-state index contributed by atoms with van der Waals surface area (Å²) in [6, 6.07) is 8.04. The van der Waals surface area contributed by atoms with Crippen molar-refractivity contribution >= 4 is 22.5 Å². The number of hydrogen-bond donors (Lipinski definition) is 0. The van der Waals surface area contributed by atoms with E-state index >= 15 is 0 Å². The Hall–Kier alpha value is -1.46. The van der Waals surface area contributed by atoms with E-state index in [9.17, 15) is 0 Å². The summed E-state index contributed by atoms with van der Waals surface area (Å²) in [5.41, 5.74) is 2.19. The van der Waals surface area contributed by atoms with E-state index in [1.54, 1.807) is 0 Å². The van der Waals surface area contributed by atoms with Gasteiger partial charge in [-0.25, -0.2) is 0 Å². The first-order chi connectivity index (χ1) is 8.11. The van der Waals surface area contributed by atoms with Crippen LogP contribution in [0.4, 0.5) is 0 Å². The Kier molecular flexibility index (Phi) is 3.40. The van der Waals surface area contributed by atoms with Crippen molar-refractivity contribution in [2.24, 2.45) is 0 Å². The van der Waals surface area contributed by atoms with Crippen molar-refractivity contribution in [2.45, 2.75) is 26.8 Å². The fraction of sp³-hybridized carbons (Fsp3) is 0.286. The molecule has 0 amide bonds. The zero-order chi connectivity index (χ0) is 12.4. The maximum atomic E-state index is 8.84. The molecule has 0 atom stereocenters. The molecule has 1 aromatic carbocycles. The summed E-state index contributed by atoms with van der Waals surface area (Å²) in [7, 11) is 0. The molecule has 87 valence electrons. The van der Waals surface area contributed by atoms with Crippen LogP contribution in [0.1, 0.15) is 19.4 Å². The molecule has 2 nitrogen and oxygen atoms in total. The number of benzene rings is 1. The van der Waals surface area contributed by atoms with Gasteiger partial charge in [-0.1, -0.05) is 25.4 Å². The number of rotatable bonds is 3. The van der Waals surface area contributed by atoms with Gasteiger partial charge in [-0.15, -0.1) is 0 Å². The quantitative estimate of drug-likeness (QED) is 0.804. The van der Waals surface area contributed by atoms with E-state index in [0.29, 0.717) is 11.4 Å². The lowest BCUT2D eigenvalue weighted by atomic mass is 10.1. The van der Waals surface area contributed by atoms with Crippen molar-refractivity contribution in [3.8, 4) is 6.07 Å². The topological polar surface area (TPSA) is 28.7 Å². The Bertz CT molecular complexity index is 576. The first-order valence-electron chi connectivity index (χ1n) is 5.55. The molecule has 3 heteroatoms. The highest BCUT2D eigenvalue weighted by Crippen LogP contribution is 2.26. The third-order valence-electron chi connectivity index (χ3n) is 2.68. The number of nitriles is 1. The predicted octanol–water partition coefficient (Wildman–Crippen LogP) is 3.98. The summed E-state index contributed by atoms with van der Waals surface area (Å²) in [5, 5.41) is 10.6. The molecule has 0 fully saturated rings. The van der Waals surface area contributed by atoms with Gasteiger partial charge < -0.3 is 4.57 Å². The monoisotopic (exact) mass is 245 g/mol. The Balaban J connectivity index is 2.58. The van der Waals surface area contributed by atoms with Gasteiger partial charge in [-0.2, -0.15) is 5.26 Å². The average Bonchev–Trinajstić information content (AvgIpc) is 2.56. The molecule has 0 unspecified atom stereocenters. The van der Waals surface area contributed by atoms with Crippen LogP contribution in [0.25, 0.3) is 10.9 Å². The number of hydrogen-bond acceptors (Lipinski definition) is 1. The van der Waals surface area contributed by atoms with Crippen LogP contribution in [-0.2, 0) is 13.0 Å². The summed E-state index contributed by atoms with van der Waals surface area (Å²) in [4.78, 5) is 0. The van der Waals surface area contributed by atoms with E-state index in [1.807, 2.05) is 18.2 Å². The highest BCUT2D eigenvalue weighted by Gasteiger charge is 2.09. The van der Waals surface area contributed by atoms with E-state index in [0.717, 1.165) is 23.0 Å². The van der Waals surface area contributed by atoms with Gasteiger partial charge in [0.2, 0.25) is 0 Å². The molecule has 1 heterocycles. The van der Waals surface area contributed by atoms with Crippen LogP contribution in [-0.4, -0.2) is 4.57 Å². The average molecular weight is 246 g/mol. The van der Waals surface area contributed by atoms with Crippen molar-refractivity contribution in [1.82, 2.24) is 4.57 Å². The van der Waals surface area contributed by atoms with Gasteiger partial charge in [-0.05, 0) is 29.7 Å². The molecule has 0 aliphatic heterocycles. The highest BCUT2D eigenvalue weighted by atomic mass is 35.5. The fourth-order valence-electron chi connectivity index (χ4n) is 2.04. The van der Waals surface area contributed by atoms with E-state index < -0.39 is 0 Å². The van der Waals surface area contributed by atoms with Crippen LogP contribution in [0.2, 0.25) is 5.02 Å². The van der Waals surface area contributed by atoms with Gasteiger partial charge in [0.15, 0.2) is 0 Å². The first-order valence-corrected chi connectivity index (χ1v) is 5.93. The summed E-state index contributed by atoms with van der Waals surface area (Å²) in [6.07, 6.45) is 2.48. The van der Waals surface area contributed by atoms with Crippen LogP contribution < -0.4 is 0 Å². The molecular weight excluding hydrogens is 232 g/mol. The van der Waals surface area contributed by atoms with Crippen LogP contribution in [0.5, 0.6) is 0 Å². The van der Waals surface area contributed by atoms with Gasteiger partial charge in [0, 0.05) is 28.7 Å². The second-order valence-electron chi connectivity index (χ2n) is 4.49. The Morgan fingerprint density at radius 1 is 1.41 bits per heavy atom. The van der Waals surface area contributed by atoms with E-state index in [-0.39, 0.29) is 0 Å². The maximum Gasteiger partial charge on any atom is 0.0670 e. The van der Waals surface area contributed by atoms with Crippen LogP contribution in [0.3, 0.4) is 0 Å². The van der Waals surface area contributed by atoms with Gasteiger partial charge in [0.25, 0.3) is 0 Å². The number of nitrogens with zero attached hydrogens (tertiary/aromatic N) is 2. The van der Waals surface area contributed by atoms with E-state index in [2.05, 4.69) is 30.7 Å². The zero-order valence-corrected chi connectivity index (χ0v) is 10.8. The van der Waals surface area contributed by atoms with Crippen molar-refractivity contribution in [3.63, 3.8) is 0 Å². The lowest BCUT2D eigenvalue weighted by molar-refractivity contribution is 0.736. The van der Waals surface area contributed by atoms with Gasteiger partial charge in [0.05, 0.1) is 12.5 Å². The maximum absolute atomic E-state index is 8.84. The molecule has 0 N–H and O–H groups in total. The Morgan fingerprint density at radius 2 is 2.18 bits per heavy atom. The summed E-state index contributed by atoms with van der Waals surface area (Å²) in [5.74, 6) is 1.33. The highest BCUT2D eigenvalue weighted by molar-refractivity contribution is 6.31. The van der Waals surface area contributed by atoms with E-state index in [1.165, 1.54) is 5.92 Å². The van der Waals surface area contributed by atoms with E-state index in [4.69, 9.17) is 16.9 Å². The Morgan fingerprint density at radius 3 is 2.82 bits per heavy atom. The molecule has 2 rings (SSSR count). The second-order valence-corrected chi connectivity index (χ2v) is 4.92.